The molecule has 1 aliphatic heterocycles. The maximum atomic E-state index is 12.6. The van der Waals surface area contributed by atoms with Crippen LogP contribution in [0.15, 0.2) is 30.3 Å². The molecular formula is C17H24N2O2. The maximum Gasteiger partial charge on any atom is 0.256 e. The zero-order valence-electron chi connectivity index (χ0n) is 12.7. The molecule has 0 spiro atoms. The zero-order chi connectivity index (χ0) is 15.0. The molecule has 2 aliphatic rings. The fourth-order valence-corrected chi connectivity index (χ4v) is 3.61. The van der Waals surface area contributed by atoms with E-state index in [0.29, 0.717) is 29.9 Å². The minimum absolute atomic E-state index is 0.180. The molecule has 4 heteroatoms. The second-order valence-corrected chi connectivity index (χ2v) is 6.65. The standard InChI is InChI=1S/C17H24N2O2/c1-11(2)17(21,12-6-4-3-5-7-12)16(20)19-10-15-13-8-18-9-14(13)15/h3-7,11,13-15,18,21H,8-10H2,1-2H3,(H,19,20)/t13-,14?,15?,17?/m1/s1. The molecule has 3 rings (SSSR count). The van der Waals surface area contributed by atoms with Gasteiger partial charge in [-0.1, -0.05) is 44.2 Å². The monoisotopic (exact) mass is 288 g/mol. The summed E-state index contributed by atoms with van der Waals surface area (Å²) in [6.07, 6.45) is 0. The van der Waals surface area contributed by atoms with Gasteiger partial charge in [-0.05, 0) is 42.3 Å². The van der Waals surface area contributed by atoms with Crippen LogP contribution in [0.1, 0.15) is 19.4 Å². The predicted octanol–water partition coefficient (Wildman–Crippen LogP) is 1.11. The number of hydrogen-bond acceptors (Lipinski definition) is 3. The number of carbonyl (C=O) groups is 1. The molecule has 114 valence electrons. The fraction of sp³-hybridized carbons (Fsp3) is 0.588. The van der Waals surface area contributed by atoms with Crippen LogP contribution in [-0.2, 0) is 10.4 Å². The van der Waals surface area contributed by atoms with Gasteiger partial charge in [-0.2, -0.15) is 0 Å². The Labute approximate surface area is 125 Å². The Morgan fingerprint density at radius 2 is 1.95 bits per heavy atom. The number of benzene rings is 1. The van der Waals surface area contributed by atoms with Crippen LogP contribution < -0.4 is 10.6 Å². The second kappa shape index (κ2) is 5.43. The van der Waals surface area contributed by atoms with E-state index in [1.807, 2.05) is 44.2 Å². The quantitative estimate of drug-likeness (QED) is 0.761. The Morgan fingerprint density at radius 1 is 1.33 bits per heavy atom. The molecule has 1 saturated heterocycles. The van der Waals surface area contributed by atoms with Crippen molar-refractivity contribution < 1.29 is 9.90 Å². The third kappa shape index (κ3) is 2.47. The van der Waals surface area contributed by atoms with Crippen molar-refractivity contribution in [1.29, 1.82) is 0 Å². The minimum atomic E-state index is -1.45. The van der Waals surface area contributed by atoms with Gasteiger partial charge in [-0.3, -0.25) is 4.79 Å². The highest BCUT2D eigenvalue weighted by atomic mass is 16.3. The molecule has 1 aromatic rings. The van der Waals surface area contributed by atoms with Gasteiger partial charge < -0.3 is 15.7 Å². The molecule has 0 aromatic heterocycles. The van der Waals surface area contributed by atoms with Crippen molar-refractivity contribution in [3.05, 3.63) is 35.9 Å². The number of nitrogens with one attached hydrogen (secondary N) is 2. The number of amides is 1. The van der Waals surface area contributed by atoms with E-state index in [0.717, 1.165) is 13.1 Å². The lowest BCUT2D eigenvalue weighted by Crippen LogP contribution is -2.48. The smallest absolute Gasteiger partial charge is 0.256 e. The number of fused-ring (bicyclic) bond motifs is 1. The van der Waals surface area contributed by atoms with Gasteiger partial charge in [0.25, 0.3) is 5.91 Å². The average Bonchev–Trinajstić information content (AvgIpc) is 2.93. The Balaban J connectivity index is 1.67. The van der Waals surface area contributed by atoms with Crippen LogP contribution in [0.3, 0.4) is 0 Å². The van der Waals surface area contributed by atoms with Crippen LogP contribution >= 0.6 is 0 Å². The molecule has 1 heterocycles. The highest BCUT2D eigenvalue weighted by Gasteiger charge is 2.53. The third-order valence-electron chi connectivity index (χ3n) is 5.16. The molecule has 1 saturated carbocycles. The third-order valence-corrected chi connectivity index (χ3v) is 5.16. The number of rotatable bonds is 5. The summed E-state index contributed by atoms with van der Waals surface area (Å²) >= 11 is 0. The Morgan fingerprint density at radius 3 is 2.52 bits per heavy atom. The lowest BCUT2D eigenvalue weighted by Gasteiger charge is -2.31. The van der Waals surface area contributed by atoms with E-state index in [1.54, 1.807) is 0 Å². The van der Waals surface area contributed by atoms with E-state index >= 15 is 0 Å². The van der Waals surface area contributed by atoms with Crippen LogP contribution in [0.4, 0.5) is 0 Å². The van der Waals surface area contributed by atoms with Crippen molar-refractivity contribution in [2.45, 2.75) is 19.4 Å². The van der Waals surface area contributed by atoms with Crippen molar-refractivity contribution in [2.75, 3.05) is 19.6 Å². The maximum absolute atomic E-state index is 12.6. The van der Waals surface area contributed by atoms with Crippen LogP contribution in [0, 0.1) is 23.7 Å². The van der Waals surface area contributed by atoms with Crippen molar-refractivity contribution >= 4 is 5.91 Å². The fourth-order valence-electron chi connectivity index (χ4n) is 3.61. The van der Waals surface area contributed by atoms with Crippen LogP contribution in [0.2, 0.25) is 0 Å². The molecule has 3 N–H and O–H groups in total. The van der Waals surface area contributed by atoms with Crippen molar-refractivity contribution in [3.8, 4) is 0 Å². The van der Waals surface area contributed by atoms with E-state index in [2.05, 4.69) is 10.6 Å². The largest absolute Gasteiger partial charge is 0.375 e. The first-order chi connectivity index (χ1) is 10.0. The highest BCUT2D eigenvalue weighted by molar-refractivity contribution is 5.86. The van der Waals surface area contributed by atoms with Gasteiger partial charge in [0.2, 0.25) is 0 Å². The highest BCUT2D eigenvalue weighted by Crippen LogP contribution is 2.48. The Bertz CT molecular complexity index is 507. The van der Waals surface area contributed by atoms with Crippen molar-refractivity contribution in [1.82, 2.24) is 10.6 Å². The first-order valence-corrected chi connectivity index (χ1v) is 7.82. The number of carbonyl (C=O) groups excluding carboxylic acids is 1. The minimum Gasteiger partial charge on any atom is -0.375 e. The molecule has 4 nitrogen and oxygen atoms in total. The molecule has 1 aliphatic carbocycles. The van der Waals surface area contributed by atoms with E-state index < -0.39 is 5.60 Å². The van der Waals surface area contributed by atoms with Crippen LogP contribution in [-0.4, -0.2) is 30.6 Å². The lowest BCUT2D eigenvalue weighted by molar-refractivity contribution is -0.146. The van der Waals surface area contributed by atoms with E-state index in [1.165, 1.54) is 0 Å². The summed E-state index contributed by atoms with van der Waals surface area (Å²) in [4.78, 5) is 12.6. The van der Waals surface area contributed by atoms with E-state index in [-0.39, 0.29) is 11.8 Å². The summed E-state index contributed by atoms with van der Waals surface area (Å²) in [5.41, 5.74) is -0.793. The van der Waals surface area contributed by atoms with Gasteiger partial charge in [0.15, 0.2) is 5.60 Å². The van der Waals surface area contributed by atoms with Crippen LogP contribution in [0.5, 0.6) is 0 Å². The summed E-state index contributed by atoms with van der Waals surface area (Å²) in [5, 5.41) is 17.3. The predicted molar refractivity (Wildman–Crippen MR) is 81.5 cm³/mol. The van der Waals surface area contributed by atoms with Gasteiger partial charge in [-0.15, -0.1) is 0 Å². The first-order valence-electron chi connectivity index (χ1n) is 7.82. The number of piperidine rings is 1. The molecule has 3 unspecified atom stereocenters. The Hall–Kier alpha value is -1.39. The summed E-state index contributed by atoms with van der Waals surface area (Å²) < 4.78 is 0. The SMILES string of the molecule is CC(C)C(O)(C(=O)NCC1C2CNC[C@H]21)c1ccccc1. The topological polar surface area (TPSA) is 61.4 Å². The van der Waals surface area contributed by atoms with Gasteiger partial charge in [0, 0.05) is 6.54 Å². The Kier molecular flexibility index (Phi) is 3.76. The van der Waals surface area contributed by atoms with Crippen molar-refractivity contribution in [3.63, 3.8) is 0 Å². The summed E-state index contributed by atoms with van der Waals surface area (Å²) in [6, 6.07) is 9.23. The first kappa shape index (κ1) is 14.5. The summed E-state index contributed by atoms with van der Waals surface area (Å²) in [6.45, 7) is 6.57. The molecule has 0 radical (unpaired) electrons. The normalized spacial score (nSPS) is 29.8. The van der Waals surface area contributed by atoms with Gasteiger partial charge in [-0.25, -0.2) is 0 Å². The second-order valence-electron chi connectivity index (χ2n) is 6.65. The lowest BCUT2D eigenvalue weighted by atomic mass is 9.82. The molecule has 2 fully saturated rings. The molecule has 0 bridgehead atoms. The zero-order valence-corrected chi connectivity index (χ0v) is 12.7. The van der Waals surface area contributed by atoms with Gasteiger partial charge in [0.1, 0.15) is 0 Å². The van der Waals surface area contributed by atoms with Crippen LogP contribution in [0.25, 0.3) is 0 Å². The van der Waals surface area contributed by atoms with Gasteiger partial charge in [0.05, 0.1) is 0 Å². The molecule has 21 heavy (non-hydrogen) atoms. The van der Waals surface area contributed by atoms with Gasteiger partial charge >= 0.3 is 0 Å². The molecule has 4 atom stereocenters. The summed E-state index contributed by atoms with van der Waals surface area (Å²) in [7, 11) is 0. The average molecular weight is 288 g/mol. The molecule has 1 aromatic carbocycles. The van der Waals surface area contributed by atoms with E-state index in [4.69, 9.17) is 0 Å². The number of aliphatic hydroxyl groups is 1. The number of hydrogen-bond donors (Lipinski definition) is 3. The van der Waals surface area contributed by atoms with E-state index in [9.17, 15) is 9.90 Å². The molecule has 1 amide bonds. The van der Waals surface area contributed by atoms with Crippen molar-refractivity contribution in [2.24, 2.45) is 23.7 Å². The molecular weight excluding hydrogens is 264 g/mol. The summed E-state index contributed by atoms with van der Waals surface area (Å²) in [5.74, 6) is 1.56.